The van der Waals surface area contributed by atoms with Crippen molar-refractivity contribution in [3.63, 3.8) is 0 Å². The molecular weight excluding hydrogens is 386 g/mol. The molecule has 7 nitrogen and oxygen atoms in total. The van der Waals surface area contributed by atoms with Crippen LogP contribution in [-0.2, 0) is 14.3 Å². The molecule has 30 heavy (non-hydrogen) atoms. The van der Waals surface area contributed by atoms with Gasteiger partial charge in [-0.15, -0.1) is 0 Å². The maximum atomic E-state index is 12.9. The number of aliphatic hydroxyl groups is 1. The van der Waals surface area contributed by atoms with Crippen molar-refractivity contribution in [2.45, 2.75) is 12.5 Å². The fraction of sp³-hybridized carbons (Fsp3) is 0.304. The van der Waals surface area contributed by atoms with E-state index >= 15 is 0 Å². The first kappa shape index (κ1) is 21.4. The van der Waals surface area contributed by atoms with Crippen molar-refractivity contribution in [3.8, 4) is 11.5 Å². The van der Waals surface area contributed by atoms with E-state index in [0.29, 0.717) is 42.2 Å². The maximum Gasteiger partial charge on any atom is 0.295 e. The number of methoxy groups -OCH3 is 3. The Morgan fingerprint density at radius 2 is 1.70 bits per heavy atom. The number of aliphatic hydroxyl groups excluding tert-OH is 1. The lowest BCUT2D eigenvalue weighted by atomic mass is 9.95. The zero-order chi connectivity index (χ0) is 21.7. The van der Waals surface area contributed by atoms with Crippen molar-refractivity contribution in [1.82, 2.24) is 4.90 Å². The third kappa shape index (κ3) is 4.16. The summed E-state index contributed by atoms with van der Waals surface area (Å²) in [5, 5.41) is 11.0. The van der Waals surface area contributed by atoms with Gasteiger partial charge in [-0.25, -0.2) is 0 Å². The zero-order valence-corrected chi connectivity index (χ0v) is 17.3. The zero-order valence-electron chi connectivity index (χ0n) is 17.3. The van der Waals surface area contributed by atoms with Crippen LogP contribution >= 0.6 is 0 Å². The minimum atomic E-state index is -0.723. The molecule has 0 spiro atoms. The van der Waals surface area contributed by atoms with Gasteiger partial charge in [-0.05, 0) is 48.4 Å². The number of carbonyl (C=O) groups is 2. The average Bonchev–Trinajstić information content (AvgIpc) is 3.04. The van der Waals surface area contributed by atoms with Crippen molar-refractivity contribution < 1.29 is 28.9 Å². The maximum absolute atomic E-state index is 12.9. The second-order valence-corrected chi connectivity index (χ2v) is 6.84. The largest absolute Gasteiger partial charge is 0.507 e. The Balaban J connectivity index is 2.11. The number of hydrogen-bond donors (Lipinski definition) is 1. The van der Waals surface area contributed by atoms with Crippen LogP contribution in [0.5, 0.6) is 11.5 Å². The summed E-state index contributed by atoms with van der Waals surface area (Å²) in [6, 6.07) is 13.1. The van der Waals surface area contributed by atoms with Gasteiger partial charge in [0.25, 0.3) is 11.7 Å². The number of benzene rings is 2. The molecule has 0 bridgehead atoms. The van der Waals surface area contributed by atoms with E-state index in [1.165, 1.54) is 4.90 Å². The van der Waals surface area contributed by atoms with Gasteiger partial charge in [0.15, 0.2) is 0 Å². The Kier molecular flexibility index (Phi) is 6.74. The van der Waals surface area contributed by atoms with Crippen LogP contribution in [-0.4, -0.2) is 56.2 Å². The third-order valence-electron chi connectivity index (χ3n) is 5.06. The molecule has 158 valence electrons. The standard InChI is InChI=1S/C23H25NO6/c1-28-13-5-12-24-20(16-6-4-7-18(14-16)30-3)19(22(26)23(24)27)21(25)15-8-10-17(29-2)11-9-15/h4,6-11,14,20,25H,5,12-13H2,1-3H3/t20-/m1/s1. The van der Waals surface area contributed by atoms with Crippen molar-refractivity contribution in [2.75, 3.05) is 34.5 Å². The van der Waals surface area contributed by atoms with E-state index in [1.54, 1.807) is 63.8 Å². The molecule has 1 aliphatic heterocycles. The van der Waals surface area contributed by atoms with E-state index in [2.05, 4.69) is 0 Å². The summed E-state index contributed by atoms with van der Waals surface area (Å²) in [7, 11) is 4.67. The molecule has 1 amide bonds. The van der Waals surface area contributed by atoms with Crippen LogP contribution in [0.15, 0.2) is 54.1 Å². The van der Waals surface area contributed by atoms with Crippen LogP contribution in [0.4, 0.5) is 0 Å². The lowest BCUT2D eigenvalue weighted by Gasteiger charge is -2.25. The highest BCUT2D eigenvalue weighted by Crippen LogP contribution is 2.40. The first-order valence-electron chi connectivity index (χ1n) is 9.57. The van der Waals surface area contributed by atoms with Crippen LogP contribution in [0.2, 0.25) is 0 Å². The number of Topliss-reactive ketones (excluding diaryl/α,β-unsaturated/α-hetero) is 1. The van der Waals surface area contributed by atoms with Gasteiger partial charge in [0.2, 0.25) is 0 Å². The van der Waals surface area contributed by atoms with Crippen LogP contribution < -0.4 is 9.47 Å². The molecule has 3 rings (SSSR count). The molecular formula is C23H25NO6. The molecule has 0 aliphatic carbocycles. The number of rotatable bonds is 8. The summed E-state index contributed by atoms with van der Waals surface area (Å²) in [5.74, 6) is -0.365. The second-order valence-electron chi connectivity index (χ2n) is 6.84. The quantitative estimate of drug-likeness (QED) is 0.311. The highest BCUT2D eigenvalue weighted by Gasteiger charge is 2.45. The number of nitrogens with zero attached hydrogens (tertiary/aromatic N) is 1. The number of amides is 1. The number of ketones is 1. The Morgan fingerprint density at radius 1 is 1.00 bits per heavy atom. The van der Waals surface area contributed by atoms with Crippen LogP contribution in [0.25, 0.3) is 5.76 Å². The number of hydrogen-bond acceptors (Lipinski definition) is 6. The van der Waals surface area contributed by atoms with Crippen LogP contribution in [0.1, 0.15) is 23.6 Å². The fourth-order valence-electron chi connectivity index (χ4n) is 3.55. The smallest absolute Gasteiger partial charge is 0.295 e. The summed E-state index contributed by atoms with van der Waals surface area (Å²) in [5.41, 5.74) is 1.16. The highest BCUT2D eigenvalue weighted by atomic mass is 16.5. The SMILES string of the molecule is COCCCN1C(=O)C(=O)C(=C(O)c2ccc(OC)cc2)[C@H]1c1cccc(OC)c1. The monoisotopic (exact) mass is 411 g/mol. The molecule has 0 aromatic heterocycles. The lowest BCUT2D eigenvalue weighted by Crippen LogP contribution is -2.31. The van der Waals surface area contributed by atoms with E-state index < -0.39 is 17.7 Å². The average molecular weight is 411 g/mol. The topological polar surface area (TPSA) is 85.3 Å². The molecule has 1 N–H and O–H groups in total. The van der Waals surface area contributed by atoms with Gasteiger partial charge in [0, 0.05) is 25.8 Å². The molecule has 1 saturated heterocycles. The Hall–Kier alpha value is -3.32. The summed E-state index contributed by atoms with van der Waals surface area (Å²) in [6.07, 6.45) is 0.562. The first-order valence-corrected chi connectivity index (χ1v) is 9.57. The Labute approximate surface area is 175 Å². The molecule has 1 aliphatic rings. The number of likely N-dealkylation sites (tertiary alicyclic amines) is 1. The number of ether oxygens (including phenoxy) is 3. The van der Waals surface area contributed by atoms with E-state index in [0.717, 1.165) is 0 Å². The molecule has 0 unspecified atom stereocenters. The van der Waals surface area contributed by atoms with Crippen molar-refractivity contribution in [2.24, 2.45) is 0 Å². The Bertz CT molecular complexity index is 950. The predicted molar refractivity (Wildman–Crippen MR) is 111 cm³/mol. The first-order chi connectivity index (χ1) is 14.5. The minimum Gasteiger partial charge on any atom is -0.507 e. The molecule has 0 radical (unpaired) electrons. The molecule has 2 aromatic rings. The van der Waals surface area contributed by atoms with Gasteiger partial charge >= 0.3 is 0 Å². The van der Waals surface area contributed by atoms with Gasteiger partial charge in [0.1, 0.15) is 17.3 Å². The molecule has 7 heteroatoms. The van der Waals surface area contributed by atoms with Gasteiger partial charge in [-0.3, -0.25) is 9.59 Å². The second kappa shape index (κ2) is 9.45. The summed E-state index contributed by atoms with van der Waals surface area (Å²) < 4.78 is 15.5. The molecule has 1 fully saturated rings. The van der Waals surface area contributed by atoms with E-state index in [9.17, 15) is 14.7 Å². The summed E-state index contributed by atoms with van der Waals surface area (Å²) in [6.45, 7) is 0.770. The third-order valence-corrected chi connectivity index (χ3v) is 5.06. The summed E-state index contributed by atoms with van der Waals surface area (Å²) in [4.78, 5) is 27.2. The Morgan fingerprint density at radius 3 is 2.33 bits per heavy atom. The van der Waals surface area contributed by atoms with E-state index in [1.807, 2.05) is 6.07 Å². The normalized spacial score (nSPS) is 18.0. The van der Waals surface area contributed by atoms with Crippen molar-refractivity contribution >= 4 is 17.4 Å². The van der Waals surface area contributed by atoms with Crippen molar-refractivity contribution in [1.29, 1.82) is 0 Å². The number of carbonyl (C=O) groups excluding carboxylic acids is 2. The van der Waals surface area contributed by atoms with E-state index in [-0.39, 0.29) is 11.3 Å². The van der Waals surface area contributed by atoms with Crippen LogP contribution in [0.3, 0.4) is 0 Å². The highest BCUT2D eigenvalue weighted by molar-refractivity contribution is 6.46. The minimum absolute atomic E-state index is 0.0517. The molecule has 0 saturated carbocycles. The van der Waals surface area contributed by atoms with Crippen LogP contribution in [0, 0.1) is 0 Å². The van der Waals surface area contributed by atoms with Gasteiger partial charge in [-0.2, -0.15) is 0 Å². The van der Waals surface area contributed by atoms with E-state index in [4.69, 9.17) is 14.2 Å². The van der Waals surface area contributed by atoms with Gasteiger partial charge < -0.3 is 24.2 Å². The van der Waals surface area contributed by atoms with Gasteiger partial charge in [-0.1, -0.05) is 12.1 Å². The molecule has 1 heterocycles. The predicted octanol–water partition coefficient (Wildman–Crippen LogP) is 3.16. The lowest BCUT2D eigenvalue weighted by molar-refractivity contribution is -0.140. The molecule has 2 aromatic carbocycles. The summed E-state index contributed by atoms with van der Waals surface area (Å²) >= 11 is 0. The van der Waals surface area contributed by atoms with Crippen molar-refractivity contribution in [3.05, 3.63) is 65.2 Å². The van der Waals surface area contributed by atoms with Gasteiger partial charge in [0.05, 0.1) is 25.8 Å². The molecule has 1 atom stereocenters. The fourth-order valence-corrected chi connectivity index (χ4v) is 3.55.